The van der Waals surface area contributed by atoms with Gasteiger partial charge in [0.25, 0.3) is 0 Å². The third-order valence-electron chi connectivity index (χ3n) is 4.87. The highest BCUT2D eigenvalue weighted by Crippen LogP contribution is 2.29. The van der Waals surface area contributed by atoms with Crippen LogP contribution in [0, 0.1) is 13.8 Å². The Morgan fingerprint density at radius 3 is 2.55 bits per heavy atom. The summed E-state index contributed by atoms with van der Waals surface area (Å²) in [6.45, 7) is 8.86. The van der Waals surface area contributed by atoms with Gasteiger partial charge in [-0.1, -0.05) is 54.0 Å². The maximum Gasteiger partial charge on any atom is 0.237 e. The summed E-state index contributed by atoms with van der Waals surface area (Å²) in [5.74, 6) is 1.59. The molecule has 0 spiro atoms. The molecule has 1 atom stereocenters. The lowest BCUT2D eigenvalue weighted by molar-refractivity contribution is -0.115. The molecule has 0 saturated carbocycles. The molecule has 1 N–H and O–H groups in total. The Balaban J connectivity index is 1.69. The van der Waals surface area contributed by atoms with E-state index in [2.05, 4.69) is 58.2 Å². The van der Waals surface area contributed by atoms with Crippen molar-refractivity contribution in [3.8, 4) is 0 Å². The Morgan fingerprint density at radius 1 is 1.13 bits per heavy atom. The van der Waals surface area contributed by atoms with E-state index in [-0.39, 0.29) is 11.2 Å². The lowest BCUT2D eigenvalue weighted by Gasteiger charge is -2.16. The number of nitrogens with zero attached hydrogens (tertiary/aromatic N) is 3. The highest BCUT2D eigenvalue weighted by Gasteiger charge is 2.23. The number of hydrogen-bond donors (Lipinski definition) is 1. The van der Waals surface area contributed by atoms with E-state index in [1.54, 1.807) is 17.8 Å². The zero-order valence-electron chi connectivity index (χ0n) is 18.2. The molecule has 0 fully saturated rings. The van der Waals surface area contributed by atoms with Gasteiger partial charge in [-0.15, -0.1) is 22.0 Å². The van der Waals surface area contributed by atoms with Crippen LogP contribution in [0.2, 0.25) is 5.02 Å². The van der Waals surface area contributed by atoms with E-state index in [4.69, 9.17) is 11.6 Å². The second kappa shape index (κ2) is 11.1. The molecule has 164 valence electrons. The minimum atomic E-state index is -0.273. The van der Waals surface area contributed by atoms with Crippen LogP contribution in [0.3, 0.4) is 0 Å². The van der Waals surface area contributed by atoms with E-state index in [0.717, 1.165) is 34.5 Å². The lowest BCUT2D eigenvalue weighted by Crippen LogP contribution is -2.25. The van der Waals surface area contributed by atoms with E-state index >= 15 is 0 Å². The Bertz CT molecular complexity index is 1040. The quantitative estimate of drug-likeness (QED) is 0.365. The van der Waals surface area contributed by atoms with Crippen molar-refractivity contribution < 1.29 is 4.79 Å². The monoisotopic (exact) mass is 474 g/mol. The molecule has 0 bridgehead atoms. The van der Waals surface area contributed by atoms with Crippen LogP contribution in [0.25, 0.3) is 0 Å². The summed E-state index contributed by atoms with van der Waals surface area (Å²) in [4.78, 5) is 14.1. The van der Waals surface area contributed by atoms with E-state index in [1.165, 1.54) is 22.2 Å². The second-order valence-corrected chi connectivity index (χ2v) is 9.86. The van der Waals surface area contributed by atoms with Gasteiger partial charge in [0.1, 0.15) is 5.82 Å². The van der Waals surface area contributed by atoms with E-state index in [9.17, 15) is 4.79 Å². The zero-order chi connectivity index (χ0) is 22.4. The Kier molecular flexibility index (Phi) is 8.46. The predicted octanol–water partition coefficient (Wildman–Crippen LogP) is 6.37. The molecule has 0 aliphatic heterocycles. The fourth-order valence-corrected chi connectivity index (χ4v) is 5.05. The fraction of sp³-hybridized carbons (Fsp3) is 0.348. The summed E-state index contributed by atoms with van der Waals surface area (Å²) in [6, 6.07) is 14.0. The molecule has 0 saturated heterocycles. The average molecular weight is 475 g/mol. The largest absolute Gasteiger partial charge is 0.325 e. The van der Waals surface area contributed by atoms with Gasteiger partial charge in [0.15, 0.2) is 5.16 Å². The zero-order valence-corrected chi connectivity index (χ0v) is 20.6. The molecule has 5 nitrogen and oxygen atoms in total. The van der Waals surface area contributed by atoms with Crippen molar-refractivity contribution >= 4 is 46.7 Å². The third-order valence-corrected chi connectivity index (χ3v) is 7.45. The first-order chi connectivity index (χ1) is 14.9. The van der Waals surface area contributed by atoms with Crippen LogP contribution < -0.4 is 5.32 Å². The Labute approximate surface area is 197 Å². The van der Waals surface area contributed by atoms with Gasteiger partial charge in [-0.2, -0.15) is 0 Å². The molecule has 3 aromatic rings. The van der Waals surface area contributed by atoms with Crippen LogP contribution in [0.1, 0.15) is 37.2 Å². The number of aryl methyl sites for hydroxylation is 2. The number of anilines is 1. The topological polar surface area (TPSA) is 59.8 Å². The van der Waals surface area contributed by atoms with Gasteiger partial charge < -0.3 is 9.88 Å². The number of hydrogen-bond acceptors (Lipinski definition) is 5. The van der Waals surface area contributed by atoms with Crippen molar-refractivity contribution in [2.24, 2.45) is 0 Å². The van der Waals surface area contributed by atoms with E-state index in [1.807, 2.05) is 26.0 Å². The molecular formula is C23H27ClN4OS2. The average Bonchev–Trinajstić information content (AvgIpc) is 3.15. The van der Waals surface area contributed by atoms with Gasteiger partial charge in [0.2, 0.25) is 5.91 Å². The molecule has 31 heavy (non-hydrogen) atoms. The number of nitrogens with one attached hydrogen (secondary N) is 1. The Hall–Kier alpha value is -1.96. The minimum absolute atomic E-state index is 0.0564. The van der Waals surface area contributed by atoms with Gasteiger partial charge in [-0.3, -0.25) is 4.79 Å². The maximum absolute atomic E-state index is 12.9. The van der Waals surface area contributed by atoms with Gasteiger partial charge in [0.05, 0.1) is 11.0 Å². The van der Waals surface area contributed by atoms with E-state index < -0.39 is 0 Å². The van der Waals surface area contributed by atoms with Gasteiger partial charge in [-0.05, 0) is 57.0 Å². The van der Waals surface area contributed by atoms with Crippen LogP contribution in [0.4, 0.5) is 5.69 Å². The highest BCUT2D eigenvalue weighted by molar-refractivity contribution is 8.00. The van der Waals surface area contributed by atoms with E-state index in [0.29, 0.717) is 11.4 Å². The third kappa shape index (κ3) is 6.28. The lowest BCUT2D eigenvalue weighted by atomic mass is 10.2. The standard InChI is InChI=1S/C23H27ClN4OS2/c1-5-20(22(29)25-19-13-17(24)10-9-16(19)4)31-23-27-26-21(28(23)6-2)14-30-18-11-7-15(3)8-12-18/h7-13,20H,5-6,14H2,1-4H3,(H,25,29). The first-order valence-corrected chi connectivity index (χ1v) is 12.5. The highest BCUT2D eigenvalue weighted by atomic mass is 35.5. The van der Waals surface area contributed by atoms with Crippen LogP contribution in [0.5, 0.6) is 0 Å². The number of benzene rings is 2. The molecular weight excluding hydrogens is 448 g/mol. The molecule has 3 rings (SSSR count). The molecule has 0 radical (unpaired) electrons. The number of thioether (sulfide) groups is 2. The normalized spacial score (nSPS) is 12.0. The number of rotatable bonds is 9. The molecule has 1 aromatic heterocycles. The number of aromatic nitrogens is 3. The van der Waals surface area contributed by atoms with Crippen molar-refractivity contribution in [3.05, 3.63) is 64.4 Å². The summed E-state index contributed by atoms with van der Waals surface area (Å²) < 4.78 is 2.09. The van der Waals surface area contributed by atoms with Gasteiger partial charge in [0, 0.05) is 22.2 Å². The van der Waals surface area contributed by atoms with Crippen molar-refractivity contribution in [2.45, 2.75) is 61.7 Å². The summed E-state index contributed by atoms with van der Waals surface area (Å²) in [7, 11) is 0. The predicted molar refractivity (Wildman–Crippen MR) is 131 cm³/mol. The number of halogens is 1. The molecule has 1 unspecified atom stereocenters. The molecule has 0 aliphatic rings. The molecule has 8 heteroatoms. The first kappa shape index (κ1) is 23.7. The van der Waals surface area contributed by atoms with Crippen LogP contribution in [0.15, 0.2) is 52.5 Å². The van der Waals surface area contributed by atoms with Crippen LogP contribution in [-0.4, -0.2) is 25.9 Å². The molecule has 1 amide bonds. The molecule has 1 heterocycles. The smallest absolute Gasteiger partial charge is 0.237 e. The first-order valence-electron chi connectivity index (χ1n) is 10.3. The molecule has 0 aliphatic carbocycles. The maximum atomic E-state index is 12.9. The van der Waals surface area contributed by atoms with Crippen molar-refractivity contribution in [1.82, 2.24) is 14.8 Å². The number of amides is 1. The van der Waals surface area contributed by atoms with Crippen LogP contribution in [-0.2, 0) is 17.1 Å². The summed E-state index contributed by atoms with van der Waals surface area (Å²) in [5, 5.41) is 12.9. The summed E-state index contributed by atoms with van der Waals surface area (Å²) >= 11 is 9.28. The van der Waals surface area contributed by atoms with Gasteiger partial charge in [-0.25, -0.2) is 0 Å². The number of carbonyl (C=O) groups excluding carboxylic acids is 1. The van der Waals surface area contributed by atoms with Crippen molar-refractivity contribution in [1.29, 1.82) is 0 Å². The Morgan fingerprint density at radius 2 is 1.87 bits per heavy atom. The summed E-state index contributed by atoms with van der Waals surface area (Å²) in [5.41, 5.74) is 2.96. The van der Waals surface area contributed by atoms with Crippen molar-refractivity contribution in [2.75, 3.05) is 5.32 Å². The molecule has 2 aromatic carbocycles. The fourth-order valence-electron chi connectivity index (χ4n) is 3.00. The SMILES string of the molecule is CCC(Sc1nnc(CSc2ccc(C)cc2)n1CC)C(=O)Nc1cc(Cl)ccc1C. The van der Waals surface area contributed by atoms with Gasteiger partial charge >= 0.3 is 0 Å². The minimum Gasteiger partial charge on any atom is -0.325 e. The summed E-state index contributed by atoms with van der Waals surface area (Å²) in [6.07, 6.45) is 0.681. The van der Waals surface area contributed by atoms with Crippen LogP contribution >= 0.6 is 35.1 Å². The van der Waals surface area contributed by atoms with Crippen molar-refractivity contribution in [3.63, 3.8) is 0 Å². The second-order valence-electron chi connectivity index (χ2n) is 7.21. The number of carbonyl (C=O) groups is 1.